The third-order valence-corrected chi connectivity index (χ3v) is 5.88. The fourth-order valence-electron chi connectivity index (χ4n) is 4.30. The average molecular weight is 414 g/mol. The number of amides is 2. The molecule has 2 saturated heterocycles. The van der Waals surface area contributed by atoms with E-state index < -0.39 is 18.1 Å². The van der Waals surface area contributed by atoms with E-state index in [0.717, 1.165) is 16.8 Å². The van der Waals surface area contributed by atoms with Gasteiger partial charge >= 0.3 is 0 Å². The molecule has 2 aliphatic heterocycles. The fraction of sp³-hybridized carbons (Fsp3) is 0.200. The monoisotopic (exact) mass is 414 g/mol. The summed E-state index contributed by atoms with van der Waals surface area (Å²) < 4.78 is 5.19. The number of imide groups is 1. The number of methoxy groups -OCH3 is 1. The number of benzene rings is 3. The van der Waals surface area contributed by atoms with Gasteiger partial charge in [-0.15, -0.1) is 0 Å². The molecule has 3 atom stereocenters. The minimum atomic E-state index is -0.874. The van der Waals surface area contributed by atoms with Crippen LogP contribution in [0, 0.1) is 12.8 Å². The molecule has 156 valence electrons. The molecule has 6 heteroatoms. The van der Waals surface area contributed by atoms with Crippen LogP contribution < -0.4 is 14.7 Å². The Kier molecular flexibility index (Phi) is 4.71. The van der Waals surface area contributed by atoms with E-state index >= 15 is 0 Å². The number of anilines is 2. The Balaban J connectivity index is 1.56. The van der Waals surface area contributed by atoms with Gasteiger partial charge in [-0.25, -0.2) is 9.96 Å². The molecule has 3 aromatic rings. The maximum Gasteiger partial charge on any atom is 0.266 e. The molecule has 2 aliphatic rings. The van der Waals surface area contributed by atoms with Gasteiger partial charge in [0.05, 0.1) is 24.5 Å². The van der Waals surface area contributed by atoms with E-state index in [2.05, 4.69) is 0 Å². The molecule has 0 spiro atoms. The van der Waals surface area contributed by atoms with E-state index in [1.54, 1.807) is 36.4 Å². The smallest absolute Gasteiger partial charge is 0.266 e. The van der Waals surface area contributed by atoms with Crippen molar-refractivity contribution in [1.82, 2.24) is 0 Å². The molecule has 0 N–H and O–H groups in total. The van der Waals surface area contributed by atoms with Crippen molar-refractivity contribution in [3.05, 3.63) is 90.0 Å². The van der Waals surface area contributed by atoms with Crippen LogP contribution in [0.5, 0.6) is 5.75 Å². The summed E-state index contributed by atoms with van der Waals surface area (Å²) in [7, 11) is 1.57. The molecule has 0 saturated carbocycles. The van der Waals surface area contributed by atoms with Crippen molar-refractivity contribution in [3.8, 4) is 5.75 Å². The van der Waals surface area contributed by atoms with E-state index in [1.807, 2.05) is 61.5 Å². The number of carbonyl (C=O) groups is 2. The minimum Gasteiger partial charge on any atom is -0.497 e. The number of hydrogen-bond donors (Lipinski definition) is 0. The second-order valence-electron chi connectivity index (χ2n) is 7.78. The highest BCUT2D eigenvalue weighted by Crippen LogP contribution is 2.47. The third kappa shape index (κ3) is 3.16. The second-order valence-corrected chi connectivity index (χ2v) is 7.78. The molecule has 0 aliphatic carbocycles. The van der Waals surface area contributed by atoms with Gasteiger partial charge in [0.1, 0.15) is 11.7 Å². The highest BCUT2D eigenvalue weighted by molar-refractivity contribution is 6.23. The van der Waals surface area contributed by atoms with Crippen molar-refractivity contribution in [1.29, 1.82) is 0 Å². The van der Waals surface area contributed by atoms with Crippen molar-refractivity contribution in [2.45, 2.75) is 19.1 Å². The molecule has 5 rings (SSSR count). The summed E-state index contributed by atoms with van der Waals surface area (Å²) in [6.45, 7) is 2.02. The van der Waals surface area contributed by atoms with Gasteiger partial charge in [-0.05, 0) is 48.9 Å². The maximum absolute atomic E-state index is 13.5. The summed E-state index contributed by atoms with van der Waals surface area (Å²) in [4.78, 5) is 34.2. The van der Waals surface area contributed by atoms with Crippen molar-refractivity contribution in [2.24, 2.45) is 5.92 Å². The Bertz CT molecular complexity index is 1110. The zero-order valence-corrected chi connectivity index (χ0v) is 17.3. The maximum atomic E-state index is 13.5. The standard InChI is InChI=1S/C25H22N2O4/c1-16-8-10-17(11-9-16)22-21-23(31-27(22)19-6-4-3-5-7-19)25(29)26(24(21)28)18-12-14-20(30-2)15-13-18/h3-15,21-23H,1-2H3/t21-,22-,23+/m1/s1. The molecule has 6 nitrogen and oxygen atoms in total. The van der Waals surface area contributed by atoms with Crippen LogP contribution in [0.15, 0.2) is 78.9 Å². The first-order chi connectivity index (χ1) is 15.1. The third-order valence-electron chi connectivity index (χ3n) is 5.88. The van der Waals surface area contributed by atoms with Gasteiger partial charge < -0.3 is 4.74 Å². The number of ether oxygens (including phenoxy) is 1. The van der Waals surface area contributed by atoms with Crippen LogP contribution in [0.1, 0.15) is 17.2 Å². The molecule has 2 amide bonds. The van der Waals surface area contributed by atoms with E-state index in [4.69, 9.17) is 9.57 Å². The lowest BCUT2D eigenvalue weighted by Gasteiger charge is -2.28. The van der Waals surface area contributed by atoms with Gasteiger partial charge in [-0.2, -0.15) is 0 Å². The van der Waals surface area contributed by atoms with Crippen LogP contribution in [0.4, 0.5) is 11.4 Å². The normalized spacial score (nSPS) is 22.7. The van der Waals surface area contributed by atoms with Crippen molar-refractivity contribution < 1.29 is 19.2 Å². The SMILES string of the molecule is COc1ccc(N2C(=O)[C@H]3[C@H](ON(c4ccccc4)[C@@H]3c3ccc(C)cc3)C2=O)cc1. The quantitative estimate of drug-likeness (QED) is 0.603. The molecule has 0 aromatic heterocycles. The van der Waals surface area contributed by atoms with Gasteiger partial charge in [-0.1, -0.05) is 48.0 Å². The van der Waals surface area contributed by atoms with E-state index in [1.165, 1.54) is 4.90 Å². The number of carbonyl (C=O) groups excluding carboxylic acids is 2. The van der Waals surface area contributed by atoms with Crippen molar-refractivity contribution in [3.63, 3.8) is 0 Å². The minimum absolute atomic E-state index is 0.260. The number of rotatable bonds is 4. The van der Waals surface area contributed by atoms with Crippen molar-refractivity contribution in [2.75, 3.05) is 17.1 Å². The lowest BCUT2D eigenvalue weighted by molar-refractivity contribution is -0.126. The van der Waals surface area contributed by atoms with E-state index in [-0.39, 0.29) is 11.8 Å². The van der Waals surface area contributed by atoms with Gasteiger partial charge in [0, 0.05) is 0 Å². The average Bonchev–Trinajstić information content (AvgIpc) is 3.31. The van der Waals surface area contributed by atoms with Gasteiger partial charge in [0.2, 0.25) is 5.91 Å². The Morgan fingerprint density at radius 1 is 0.806 bits per heavy atom. The van der Waals surface area contributed by atoms with E-state index in [9.17, 15) is 9.59 Å². The fourth-order valence-corrected chi connectivity index (χ4v) is 4.30. The summed E-state index contributed by atoms with van der Waals surface area (Å²) in [6.07, 6.45) is -0.874. The Hall–Kier alpha value is -3.64. The van der Waals surface area contributed by atoms with Crippen LogP contribution in [0.3, 0.4) is 0 Å². The summed E-state index contributed by atoms with van der Waals surface area (Å²) in [5, 5.41) is 1.71. The number of hydroxylamine groups is 1. The van der Waals surface area contributed by atoms with Crippen LogP contribution in [-0.2, 0) is 14.4 Å². The molecular formula is C25H22N2O4. The van der Waals surface area contributed by atoms with Crippen LogP contribution in [0.25, 0.3) is 0 Å². The Labute approximate surface area is 180 Å². The van der Waals surface area contributed by atoms with Crippen LogP contribution >= 0.6 is 0 Å². The first-order valence-corrected chi connectivity index (χ1v) is 10.2. The molecule has 2 heterocycles. The molecule has 2 fully saturated rings. The predicted octanol–water partition coefficient (Wildman–Crippen LogP) is 4.05. The Morgan fingerprint density at radius 2 is 1.48 bits per heavy atom. The molecule has 31 heavy (non-hydrogen) atoms. The largest absolute Gasteiger partial charge is 0.497 e. The summed E-state index contributed by atoms with van der Waals surface area (Å²) in [5.41, 5.74) is 3.38. The number of aryl methyl sites for hydroxylation is 1. The molecule has 0 radical (unpaired) electrons. The van der Waals surface area contributed by atoms with Gasteiger partial charge in [0.25, 0.3) is 5.91 Å². The number of para-hydroxylation sites is 1. The highest BCUT2D eigenvalue weighted by Gasteiger charge is 2.60. The summed E-state index contributed by atoms with van der Waals surface area (Å²) in [5.74, 6) is -0.593. The molecule has 0 bridgehead atoms. The van der Waals surface area contributed by atoms with Crippen LogP contribution in [0.2, 0.25) is 0 Å². The van der Waals surface area contributed by atoms with E-state index in [0.29, 0.717) is 11.4 Å². The lowest BCUT2D eigenvalue weighted by atomic mass is 9.90. The topological polar surface area (TPSA) is 59.1 Å². The van der Waals surface area contributed by atoms with Crippen LogP contribution in [-0.4, -0.2) is 25.0 Å². The van der Waals surface area contributed by atoms with Gasteiger partial charge in [-0.3, -0.25) is 14.4 Å². The molecule has 3 aromatic carbocycles. The first kappa shape index (κ1) is 19.3. The molecule has 0 unspecified atom stereocenters. The second kappa shape index (κ2) is 7.56. The molecular weight excluding hydrogens is 392 g/mol. The zero-order valence-electron chi connectivity index (χ0n) is 17.3. The van der Waals surface area contributed by atoms with Crippen molar-refractivity contribution >= 4 is 23.2 Å². The highest BCUT2D eigenvalue weighted by atomic mass is 16.7. The Morgan fingerprint density at radius 3 is 2.13 bits per heavy atom. The lowest BCUT2D eigenvalue weighted by Crippen LogP contribution is -2.37. The summed E-state index contributed by atoms with van der Waals surface area (Å²) >= 11 is 0. The number of nitrogens with zero attached hydrogens (tertiary/aromatic N) is 2. The number of fused-ring (bicyclic) bond motifs is 1. The van der Waals surface area contributed by atoms with Gasteiger partial charge in [0.15, 0.2) is 6.10 Å². The first-order valence-electron chi connectivity index (χ1n) is 10.2. The predicted molar refractivity (Wildman–Crippen MR) is 117 cm³/mol. The zero-order chi connectivity index (χ0) is 21.5. The number of hydrogen-bond acceptors (Lipinski definition) is 5. The summed E-state index contributed by atoms with van der Waals surface area (Å²) in [6, 6.07) is 24.1.